The van der Waals surface area contributed by atoms with Crippen molar-refractivity contribution in [3.8, 4) is 6.07 Å². The number of amides is 1. The molecule has 29 heavy (non-hydrogen) atoms. The van der Waals surface area contributed by atoms with Crippen molar-refractivity contribution < 1.29 is 13.2 Å². The third-order valence-corrected chi connectivity index (χ3v) is 6.87. The molecule has 154 valence electrons. The Balaban J connectivity index is 1.81. The van der Waals surface area contributed by atoms with Crippen molar-refractivity contribution in [2.24, 2.45) is 11.8 Å². The Morgan fingerprint density at radius 2 is 2.17 bits per heavy atom. The lowest BCUT2D eigenvalue weighted by Gasteiger charge is -2.27. The summed E-state index contributed by atoms with van der Waals surface area (Å²) in [7, 11) is -3.87. The van der Waals surface area contributed by atoms with Crippen molar-refractivity contribution in [3.63, 3.8) is 0 Å². The number of H-pyrrole nitrogens is 1. The second-order valence-corrected chi connectivity index (χ2v) is 9.03. The molecular weight excluding hydrogens is 392 g/mol. The quantitative estimate of drug-likeness (QED) is 0.703. The molecule has 0 spiro atoms. The fourth-order valence-corrected chi connectivity index (χ4v) is 5.36. The Bertz CT molecular complexity index is 999. The number of benzene rings is 1. The monoisotopic (exact) mass is 416 g/mol. The molecule has 1 saturated heterocycles. The molecule has 9 nitrogen and oxygen atoms in total. The Morgan fingerprint density at radius 3 is 2.83 bits per heavy atom. The van der Waals surface area contributed by atoms with Crippen LogP contribution in [-0.4, -0.2) is 53.8 Å². The van der Waals surface area contributed by atoms with E-state index in [1.807, 2.05) is 19.9 Å². The van der Waals surface area contributed by atoms with Gasteiger partial charge in [-0.3, -0.25) is 9.89 Å². The van der Waals surface area contributed by atoms with Gasteiger partial charge in [0.2, 0.25) is 10.0 Å². The number of sulfonamides is 1. The molecule has 1 amide bonds. The lowest BCUT2D eigenvalue weighted by Crippen LogP contribution is -2.43. The maximum Gasteiger partial charge on any atom is 0.273 e. The molecule has 0 unspecified atom stereocenters. The predicted octanol–water partition coefficient (Wildman–Crippen LogP) is 1.53. The molecule has 1 aromatic heterocycles. The summed E-state index contributed by atoms with van der Waals surface area (Å²) in [5, 5.41) is 19.1. The molecule has 2 aromatic rings. The number of carbonyl (C=O) groups excluding carboxylic acids is 1. The van der Waals surface area contributed by atoms with Crippen LogP contribution >= 0.6 is 0 Å². The molecule has 1 aliphatic rings. The second-order valence-electron chi connectivity index (χ2n) is 7.35. The van der Waals surface area contributed by atoms with E-state index >= 15 is 0 Å². The summed E-state index contributed by atoms with van der Waals surface area (Å²) in [5.41, 5.74) is 0.423. The molecule has 3 rings (SSSR count). The molecule has 0 saturated carbocycles. The largest absolute Gasteiger partial charge is 0.337 e. The number of aromatic amines is 1. The van der Waals surface area contributed by atoms with E-state index in [0.29, 0.717) is 25.2 Å². The summed E-state index contributed by atoms with van der Waals surface area (Å²) >= 11 is 0. The van der Waals surface area contributed by atoms with Gasteiger partial charge in [-0.15, -0.1) is 5.10 Å². The van der Waals surface area contributed by atoms with Gasteiger partial charge in [0.25, 0.3) is 5.91 Å². The molecule has 10 heteroatoms. The molecule has 0 bridgehead atoms. The molecule has 0 aliphatic carbocycles. The fraction of sp³-hybridized carbons (Fsp3) is 0.474. The first-order valence-electron chi connectivity index (χ1n) is 9.54. The molecule has 0 radical (unpaired) electrons. The van der Waals surface area contributed by atoms with Gasteiger partial charge in [-0.1, -0.05) is 37.6 Å². The average molecular weight is 417 g/mol. The Kier molecular flexibility index (Phi) is 6.30. The van der Waals surface area contributed by atoms with Crippen molar-refractivity contribution in [3.05, 3.63) is 41.7 Å². The maximum atomic E-state index is 13.0. The molecule has 1 aromatic carbocycles. The SMILES string of the molecule is CCC[C@@H](NS(=O)(=O)c1ccccc1C#N)[C@H]1CN(C(=O)c2cnn[nH]2)C[C@H]1C. The number of aromatic nitrogens is 3. The predicted molar refractivity (Wildman–Crippen MR) is 105 cm³/mol. The van der Waals surface area contributed by atoms with Gasteiger partial charge < -0.3 is 4.90 Å². The normalized spacial score (nSPS) is 20.4. The summed E-state index contributed by atoms with van der Waals surface area (Å²) < 4.78 is 28.8. The Hall–Kier alpha value is -2.77. The minimum atomic E-state index is -3.87. The number of rotatable bonds is 7. The highest BCUT2D eigenvalue weighted by Crippen LogP contribution is 2.30. The zero-order valence-corrected chi connectivity index (χ0v) is 17.2. The first-order chi connectivity index (χ1) is 13.9. The molecule has 3 atom stereocenters. The molecule has 2 heterocycles. The van der Waals surface area contributed by atoms with Crippen molar-refractivity contribution in [2.75, 3.05) is 13.1 Å². The Labute approximate surface area is 170 Å². The second kappa shape index (κ2) is 8.71. The zero-order valence-electron chi connectivity index (χ0n) is 16.4. The van der Waals surface area contributed by atoms with Gasteiger partial charge in [0.15, 0.2) is 0 Å². The summed E-state index contributed by atoms with van der Waals surface area (Å²) in [4.78, 5) is 14.3. The van der Waals surface area contributed by atoms with Crippen LogP contribution < -0.4 is 4.72 Å². The number of hydrogen-bond donors (Lipinski definition) is 2. The standard InChI is InChI=1S/C19H24N6O3S/c1-3-6-16(23-29(27,28)18-8-5-4-7-14(18)9-20)15-12-25(11-13(15)2)19(26)17-10-21-24-22-17/h4-5,7-8,10,13,15-16,23H,3,6,11-12H2,1-2H3,(H,21,22,24)/t13-,15+,16-/m1/s1. The van der Waals surface area contributed by atoms with E-state index in [1.165, 1.54) is 18.3 Å². The van der Waals surface area contributed by atoms with E-state index in [9.17, 15) is 18.5 Å². The van der Waals surface area contributed by atoms with Gasteiger partial charge >= 0.3 is 0 Å². The van der Waals surface area contributed by atoms with Crippen LogP contribution in [0.1, 0.15) is 42.7 Å². The van der Waals surface area contributed by atoms with Gasteiger partial charge in [0, 0.05) is 19.1 Å². The topological polar surface area (TPSA) is 132 Å². The molecular formula is C19H24N6O3S. The van der Waals surface area contributed by atoms with E-state index in [-0.39, 0.29) is 34.2 Å². The molecule has 1 aliphatic heterocycles. The van der Waals surface area contributed by atoms with Crippen LogP contribution in [0.4, 0.5) is 0 Å². The molecule has 1 fully saturated rings. The van der Waals surface area contributed by atoms with E-state index in [2.05, 4.69) is 20.1 Å². The maximum absolute atomic E-state index is 13.0. The van der Waals surface area contributed by atoms with Gasteiger partial charge in [-0.05, 0) is 30.4 Å². The summed E-state index contributed by atoms with van der Waals surface area (Å²) in [6.07, 6.45) is 2.80. The van der Waals surface area contributed by atoms with Gasteiger partial charge in [0.1, 0.15) is 11.8 Å². The van der Waals surface area contributed by atoms with E-state index in [4.69, 9.17) is 0 Å². The van der Waals surface area contributed by atoms with Crippen LogP contribution in [0.3, 0.4) is 0 Å². The van der Waals surface area contributed by atoms with Gasteiger partial charge in [0.05, 0.1) is 16.7 Å². The summed E-state index contributed by atoms with van der Waals surface area (Å²) in [5.74, 6) is -0.128. The molecule has 2 N–H and O–H groups in total. The fourth-order valence-electron chi connectivity index (χ4n) is 3.88. The highest BCUT2D eigenvalue weighted by atomic mass is 32.2. The Morgan fingerprint density at radius 1 is 1.41 bits per heavy atom. The van der Waals surface area contributed by atoms with Crippen LogP contribution in [0.2, 0.25) is 0 Å². The van der Waals surface area contributed by atoms with Crippen LogP contribution in [0.25, 0.3) is 0 Å². The van der Waals surface area contributed by atoms with E-state index in [0.717, 1.165) is 6.42 Å². The number of hydrogen-bond acceptors (Lipinski definition) is 6. The number of likely N-dealkylation sites (tertiary alicyclic amines) is 1. The van der Waals surface area contributed by atoms with Crippen molar-refractivity contribution in [2.45, 2.75) is 37.6 Å². The minimum absolute atomic E-state index is 0.0225. The van der Waals surface area contributed by atoms with E-state index < -0.39 is 10.0 Å². The average Bonchev–Trinajstić information content (AvgIpc) is 3.37. The number of carbonyl (C=O) groups is 1. The van der Waals surface area contributed by atoms with Crippen LogP contribution in [0.15, 0.2) is 35.4 Å². The van der Waals surface area contributed by atoms with Crippen molar-refractivity contribution in [1.29, 1.82) is 5.26 Å². The minimum Gasteiger partial charge on any atom is -0.337 e. The number of nitrogens with zero attached hydrogens (tertiary/aromatic N) is 4. The van der Waals surface area contributed by atoms with Gasteiger partial charge in [-0.2, -0.15) is 5.26 Å². The number of nitriles is 1. The van der Waals surface area contributed by atoms with Crippen molar-refractivity contribution >= 4 is 15.9 Å². The smallest absolute Gasteiger partial charge is 0.273 e. The summed E-state index contributed by atoms with van der Waals surface area (Å²) in [6, 6.07) is 7.74. The lowest BCUT2D eigenvalue weighted by molar-refractivity contribution is 0.0777. The van der Waals surface area contributed by atoms with Crippen LogP contribution in [0.5, 0.6) is 0 Å². The number of nitrogens with one attached hydrogen (secondary N) is 2. The highest BCUT2D eigenvalue weighted by molar-refractivity contribution is 7.89. The van der Waals surface area contributed by atoms with Crippen LogP contribution in [0, 0.1) is 23.2 Å². The lowest BCUT2D eigenvalue weighted by atomic mass is 9.88. The van der Waals surface area contributed by atoms with Crippen LogP contribution in [-0.2, 0) is 10.0 Å². The third kappa shape index (κ3) is 4.46. The van der Waals surface area contributed by atoms with Gasteiger partial charge in [-0.25, -0.2) is 13.1 Å². The van der Waals surface area contributed by atoms with E-state index in [1.54, 1.807) is 17.0 Å². The third-order valence-electron chi connectivity index (χ3n) is 5.32. The highest BCUT2D eigenvalue weighted by Gasteiger charge is 2.39. The first kappa shape index (κ1) is 21.0. The summed E-state index contributed by atoms with van der Waals surface area (Å²) in [6.45, 7) is 4.97. The van der Waals surface area contributed by atoms with Crippen molar-refractivity contribution in [1.82, 2.24) is 25.0 Å². The zero-order chi connectivity index (χ0) is 21.0. The first-order valence-corrected chi connectivity index (χ1v) is 11.0.